The molecule has 0 N–H and O–H groups in total. The van der Waals surface area contributed by atoms with Gasteiger partial charge in [-0.25, -0.2) is 0 Å². The zero-order valence-corrected chi connectivity index (χ0v) is 11.8. The molecule has 1 aromatic rings. The number of hydrogen-bond acceptors (Lipinski definition) is 3. The first-order valence-corrected chi connectivity index (χ1v) is 7.00. The SMILES string of the molecule is CCC(=O)N(CC)c1ccccc1N1CCOCC1. The molecule has 0 bridgehead atoms. The van der Waals surface area contributed by atoms with Gasteiger partial charge in [0.1, 0.15) is 0 Å². The molecule has 1 saturated heterocycles. The summed E-state index contributed by atoms with van der Waals surface area (Å²) in [7, 11) is 0. The van der Waals surface area contributed by atoms with Gasteiger partial charge in [-0.2, -0.15) is 0 Å². The van der Waals surface area contributed by atoms with E-state index in [4.69, 9.17) is 4.74 Å². The Kier molecular flexibility index (Phi) is 4.80. The molecule has 0 unspecified atom stereocenters. The molecule has 104 valence electrons. The standard InChI is InChI=1S/C15H22N2O2/c1-3-15(18)17(4-2)14-8-6-5-7-13(14)16-9-11-19-12-10-16/h5-8H,3-4,9-12H2,1-2H3. The minimum atomic E-state index is 0.170. The van der Waals surface area contributed by atoms with Gasteiger partial charge in [0.15, 0.2) is 0 Å². The Bertz CT molecular complexity index is 428. The molecular formula is C15H22N2O2. The van der Waals surface area contributed by atoms with Gasteiger partial charge in [-0.05, 0) is 19.1 Å². The Morgan fingerprint density at radius 3 is 2.58 bits per heavy atom. The number of carbonyl (C=O) groups excluding carboxylic acids is 1. The van der Waals surface area contributed by atoms with Gasteiger partial charge in [-0.15, -0.1) is 0 Å². The smallest absolute Gasteiger partial charge is 0.226 e. The number of morpholine rings is 1. The van der Waals surface area contributed by atoms with Gasteiger partial charge in [0.05, 0.1) is 24.6 Å². The average Bonchev–Trinajstić information content (AvgIpc) is 2.49. The second-order valence-electron chi connectivity index (χ2n) is 4.58. The van der Waals surface area contributed by atoms with Crippen molar-refractivity contribution in [1.82, 2.24) is 0 Å². The van der Waals surface area contributed by atoms with Crippen molar-refractivity contribution in [3.05, 3.63) is 24.3 Å². The van der Waals surface area contributed by atoms with Crippen molar-refractivity contribution in [1.29, 1.82) is 0 Å². The first-order valence-electron chi connectivity index (χ1n) is 7.00. The molecule has 19 heavy (non-hydrogen) atoms. The van der Waals surface area contributed by atoms with Crippen molar-refractivity contribution < 1.29 is 9.53 Å². The topological polar surface area (TPSA) is 32.8 Å². The van der Waals surface area contributed by atoms with Gasteiger partial charge < -0.3 is 14.5 Å². The van der Waals surface area contributed by atoms with Crippen LogP contribution in [0, 0.1) is 0 Å². The lowest BCUT2D eigenvalue weighted by Crippen LogP contribution is -2.38. The molecule has 0 radical (unpaired) electrons. The van der Waals surface area contributed by atoms with E-state index >= 15 is 0 Å². The van der Waals surface area contributed by atoms with Crippen LogP contribution in [0.5, 0.6) is 0 Å². The Morgan fingerprint density at radius 2 is 1.95 bits per heavy atom. The molecule has 1 aromatic carbocycles. The van der Waals surface area contributed by atoms with Crippen molar-refractivity contribution in [2.75, 3.05) is 42.6 Å². The van der Waals surface area contributed by atoms with E-state index in [1.807, 2.05) is 36.9 Å². The van der Waals surface area contributed by atoms with E-state index < -0.39 is 0 Å². The van der Waals surface area contributed by atoms with Gasteiger partial charge in [-0.1, -0.05) is 19.1 Å². The molecule has 1 aliphatic heterocycles. The molecule has 0 atom stereocenters. The highest BCUT2D eigenvalue weighted by Gasteiger charge is 2.20. The third kappa shape index (κ3) is 3.07. The highest BCUT2D eigenvalue weighted by Crippen LogP contribution is 2.30. The number of amides is 1. The Labute approximate surface area is 115 Å². The molecular weight excluding hydrogens is 240 g/mol. The minimum Gasteiger partial charge on any atom is -0.378 e. The van der Waals surface area contributed by atoms with E-state index in [0.717, 1.165) is 37.7 Å². The molecule has 0 saturated carbocycles. The summed E-state index contributed by atoms with van der Waals surface area (Å²) in [4.78, 5) is 16.2. The van der Waals surface area contributed by atoms with Gasteiger partial charge >= 0.3 is 0 Å². The lowest BCUT2D eigenvalue weighted by molar-refractivity contribution is -0.118. The zero-order chi connectivity index (χ0) is 13.7. The van der Waals surface area contributed by atoms with E-state index in [1.165, 1.54) is 0 Å². The maximum atomic E-state index is 12.1. The average molecular weight is 262 g/mol. The summed E-state index contributed by atoms with van der Waals surface area (Å²) in [6.07, 6.45) is 0.533. The van der Waals surface area contributed by atoms with Crippen LogP contribution in [0.1, 0.15) is 20.3 Å². The fraction of sp³-hybridized carbons (Fsp3) is 0.533. The molecule has 1 fully saturated rings. The fourth-order valence-corrected chi connectivity index (χ4v) is 2.44. The maximum Gasteiger partial charge on any atom is 0.226 e. The molecule has 0 spiro atoms. The van der Waals surface area contributed by atoms with Crippen molar-refractivity contribution >= 4 is 17.3 Å². The second-order valence-corrected chi connectivity index (χ2v) is 4.58. The van der Waals surface area contributed by atoms with Crippen molar-refractivity contribution in [3.63, 3.8) is 0 Å². The minimum absolute atomic E-state index is 0.170. The Morgan fingerprint density at radius 1 is 1.26 bits per heavy atom. The molecule has 1 heterocycles. The van der Waals surface area contributed by atoms with Crippen molar-refractivity contribution in [2.24, 2.45) is 0 Å². The molecule has 4 heteroatoms. The van der Waals surface area contributed by atoms with Crippen LogP contribution in [0.15, 0.2) is 24.3 Å². The van der Waals surface area contributed by atoms with Crippen LogP contribution in [-0.2, 0) is 9.53 Å². The summed E-state index contributed by atoms with van der Waals surface area (Å²) < 4.78 is 5.39. The summed E-state index contributed by atoms with van der Waals surface area (Å²) in [5.41, 5.74) is 2.15. The lowest BCUT2D eigenvalue weighted by atomic mass is 10.2. The predicted octanol–water partition coefficient (Wildman–Crippen LogP) is 2.29. The molecule has 2 rings (SSSR count). The highest BCUT2D eigenvalue weighted by atomic mass is 16.5. The van der Waals surface area contributed by atoms with E-state index in [2.05, 4.69) is 11.0 Å². The number of anilines is 2. The van der Waals surface area contributed by atoms with Crippen LogP contribution in [0.2, 0.25) is 0 Å². The van der Waals surface area contributed by atoms with Crippen LogP contribution in [0.4, 0.5) is 11.4 Å². The molecule has 4 nitrogen and oxygen atoms in total. The summed E-state index contributed by atoms with van der Waals surface area (Å²) in [5, 5.41) is 0. The van der Waals surface area contributed by atoms with E-state index in [0.29, 0.717) is 13.0 Å². The molecule has 1 amide bonds. The van der Waals surface area contributed by atoms with Gasteiger partial charge in [-0.3, -0.25) is 4.79 Å². The number of hydrogen-bond donors (Lipinski definition) is 0. The number of para-hydroxylation sites is 2. The Balaban J connectivity index is 2.31. The zero-order valence-electron chi connectivity index (χ0n) is 11.8. The fourth-order valence-electron chi connectivity index (χ4n) is 2.44. The van der Waals surface area contributed by atoms with Crippen molar-refractivity contribution in [3.8, 4) is 0 Å². The first kappa shape index (κ1) is 13.9. The van der Waals surface area contributed by atoms with E-state index in [9.17, 15) is 4.79 Å². The number of ether oxygens (including phenoxy) is 1. The lowest BCUT2D eigenvalue weighted by Gasteiger charge is -2.33. The number of carbonyl (C=O) groups is 1. The third-order valence-corrected chi connectivity index (χ3v) is 3.44. The summed E-state index contributed by atoms with van der Waals surface area (Å²) in [6.45, 7) is 7.90. The second kappa shape index (κ2) is 6.57. The normalized spacial score (nSPS) is 15.4. The quantitative estimate of drug-likeness (QED) is 0.834. The molecule has 0 aliphatic carbocycles. The van der Waals surface area contributed by atoms with Crippen LogP contribution in [-0.4, -0.2) is 38.8 Å². The van der Waals surface area contributed by atoms with E-state index in [1.54, 1.807) is 0 Å². The summed E-state index contributed by atoms with van der Waals surface area (Å²) in [5.74, 6) is 0.170. The van der Waals surface area contributed by atoms with Crippen LogP contribution < -0.4 is 9.80 Å². The summed E-state index contributed by atoms with van der Waals surface area (Å²) >= 11 is 0. The Hall–Kier alpha value is -1.55. The molecule has 0 aromatic heterocycles. The summed E-state index contributed by atoms with van der Waals surface area (Å²) in [6, 6.07) is 8.14. The monoisotopic (exact) mass is 262 g/mol. The maximum absolute atomic E-state index is 12.1. The highest BCUT2D eigenvalue weighted by molar-refractivity contribution is 5.96. The predicted molar refractivity (Wildman–Crippen MR) is 77.8 cm³/mol. The van der Waals surface area contributed by atoms with Crippen LogP contribution in [0.3, 0.4) is 0 Å². The van der Waals surface area contributed by atoms with Crippen LogP contribution in [0.25, 0.3) is 0 Å². The molecule has 1 aliphatic rings. The van der Waals surface area contributed by atoms with Crippen LogP contribution >= 0.6 is 0 Å². The van der Waals surface area contributed by atoms with E-state index in [-0.39, 0.29) is 5.91 Å². The third-order valence-electron chi connectivity index (χ3n) is 3.44. The van der Waals surface area contributed by atoms with Crippen molar-refractivity contribution in [2.45, 2.75) is 20.3 Å². The van der Waals surface area contributed by atoms with Gasteiger partial charge in [0.25, 0.3) is 0 Å². The largest absolute Gasteiger partial charge is 0.378 e. The van der Waals surface area contributed by atoms with Gasteiger partial charge in [0.2, 0.25) is 5.91 Å². The number of benzene rings is 1. The van der Waals surface area contributed by atoms with Gasteiger partial charge in [0, 0.05) is 26.1 Å². The first-order chi connectivity index (χ1) is 9.27. The number of rotatable bonds is 4. The number of nitrogens with zero attached hydrogens (tertiary/aromatic N) is 2.